The van der Waals surface area contributed by atoms with E-state index in [2.05, 4.69) is 12.2 Å². The molecule has 2 heterocycles. The zero-order valence-corrected chi connectivity index (χ0v) is 19.3. The van der Waals surface area contributed by atoms with Gasteiger partial charge in [-0.3, -0.25) is 4.79 Å². The van der Waals surface area contributed by atoms with Crippen molar-refractivity contribution in [3.63, 3.8) is 0 Å². The highest BCUT2D eigenvalue weighted by atomic mass is 32.1. The number of anilines is 1. The van der Waals surface area contributed by atoms with Gasteiger partial charge in [-0.1, -0.05) is 13.3 Å². The lowest BCUT2D eigenvalue weighted by Crippen LogP contribution is -2.16. The Morgan fingerprint density at radius 3 is 2.88 bits per heavy atom. The van der Waals surface area contributed by atoms with Crippen molar-refractivity contribution in [3.05, 3.63) is 52.1 Å². The maximum absolute atomic E-state index is 12.7. The van der Waals surface area contributed by atoms with Crippen LogP contribution in [-0.4, -0.2) is 25.6 Å². The molecule has 6 nitrogen and oxygen atoms in total. The molecule has 2 aromatic heterocycles. The van der Waals surface area contributed by atoms with Gasteiger partial charge in [0.25, 0.3) is 0 Å². The zero-order chi connectivity index (χ0) is 22.7. The molecule has 168 valence electrons. The van der Waals surface area contributed by atoms with Crippen molar-refractivity contribution in [1.82, 2.24) is 0 Å². The highest BCUT2D eigenvalue weighted by Crippen LogP contribution is 2.40. The standard InChI is InChI=1S/C25H27NO5S/c1-4-15-6-9-19-21(12-15)32-24(23(19)25(28)30-5-2)26-22(27)11-8-18-14-16-13-17(29-3)7-10-20(16)31-18/h7-8,10-11,13-15H,4-6,9,12H2,1-3H3,(H,26,27). The number of carbonyl (C=O) groups is 2. The molecule has 3 aromatic rings. The second-order valence-corrected chi connectivity index (χ2v) is 8.93. The molecular formula is C25H27NO5S. The summed E-state index contributed by atoms with van der Waals surface area (Å²) in [5, 5.41) is 4.35. The number of benzene rings is 1. The van der Waals surface area contributed by atoms with Crippen molar-refractivity contribution in [2.24, 2.45) is 5.92 Å². The molecule has 32 heavy (non-hydrogen) atoms. The number of methoxy groups -OCH3 is 1. The second-order valence-electron chi connectivity index (χ2n) is 7.82. The van der Waals surface area contributed by atoms with Crippen LogP contribution in [0.25, 0.3) is 17.0 Å². The summed E-state index contributed by atoms with van der Waals surface area (Å²) in [6.45, 7) is 4.27. The quantitative estimate of drug-likeness (QED) is 0.359. The van der Waals surface area contributed by atoms with Gasteiger partial charge in [-0.25, -0.2) is 4.79 Å². The van der Waals surface area contributed by atoms with Gasteiger partial charge >= 0.3 is 5.97 Å². The predicted molar refractivity (Wildman–Crippen MR) is 127 cm³/mol. The highest BCUT2D eigenvalue weighted by molar-refractivity contribution is 7.17. The molecule has 0 fully saturated rings. The fourth-order valence-corrected chi connectivity index (χ4v) is 5.43. The molecule has 0 aliphatic heterocycles. The van der Waals surface area contributed by atoms with Gasteiger partial charge in [0.2, 0.25) is 5.91 Å². The predicted octanol–water partition coefficient (Wildman–Crippen LogP) is 5.85. The van der Waals surface area contributed by atoms with Crippen molar-refractivity contribution in [1.29, 1.82) is 0 Å². The molecule has 7 heteroatoms. The number of esters is 1. The molecule has 1 aromatic carbocycles. The number of amides is 1. The summed E-state index contributed by atoms with van der Waals surface area (Å²) in [7, 11) is 1.61. The van der Waals surface area contributed by atoms with Crippen LogP contribution in [0.1, 0.15) is 53.2 Å². The van der Waals surface area contributed by atoms with Crippen LogP contribution in [0.3, 0.4) is 0 Å². The normalized spacial score (nSPS) is 15.7. The van der Waals surface area contributed by atoms with Gasteiger partial charge in [0.1, 0.15) is 22.1 Å². The van der Waals surface area contributed by atoms with E-state index in [0.29, 0.717) is 34.4 Å². The zero-order valence-electron chi connectivity index (χ0n) is 18.5. The lowest BCUT2D eigenvalue weighted by molar-refractivity contribution is -0.111. The molecule has 0 bridgehead atoms. The first-order valence-corrected chi connectivity index (χ1v) is 11.7. The minimum atomic E-state index is -0.370. The first kappa shape index (κ1) is 22.1. The molecule has 0 saturated carbocycles. The first-order chi connectivity index (χ1) is 15.5. The number of nitrogens with one attached hydrogen (secondary N) is 1. The number of hydrogen-bond acceptors (Lipinski definition) is 6. The lowest BCUT2D eigenvalue weighted by Gasteiger charge is -2.20. The van der Waals surface area contributed by atoms with Crippen molar-refractivity contribution < 1.29 is 23.5 Å². The van der Waals surface area contributed by atoms with Gasteiger partial charge < -0.3 is 19.2 Å². The number of furan rings is 1. The van der Waals surface area contributed by atoms with Gasteiger partial charge in [-0.2, -0.15) is 0 Å². The third kappa shape index (κ3) is 4.58. The third-order valence-electron chi connectivity index (χ3n) is 5.80. The minimum absolute atomic E-state index is 0.297. The number of hydrogen-bond donors (Lipinski definition) is 1. The van der Waals surface area contributed by atoms with E-state index in [-0.39, 0.29) is 11.9 Å². The molecule has 1 amide bonds. The molecular weight excluding hydrogens is 426 g/mol. The molecule has 1 aliphatic rings. The van der Waals surface area contributed by atoms with E-state index >= 15 is 0 Å². The Bertz CT molecular complexity index is 1170. The van der Waals surface area contributed by atoms with Gasteiger partial charge in [-0.05, 0) is 68.0 Å². The maximum atomic E-state index is 12.7. The van der Waals surface area contributed by atoms with E-state index in [1.165, 1.54) is 22.3 Å². The van der Waals surface area contributed by atoms with Crippen LogP contribution in [0.2, 0.25) is 0 Å². The molecule has 1 atom stereocenters. The van der Waals surface area contributed by atoms with Crippen LogP contribution >= 0.6 is 11.3 Å². The third-order valence-corrected chi connectivity index (χ3v) is 6.97. The topological polar surface area (TPSA) is 77.8 Å². The average molecular weight is 454 g/mol. The Labute approximate surface area is 191 Å². The molecule has 1 aliphatic carbocycles. The molecule has 1 unspecified atom stereocenters. The van der Waals surface area contributed by atoms with Crippen molar-refractivity contribution in [3.8, 4) is 5.75 Å². The summed E-state index contributed by atoms with van der Waals surface area (Å²) >= 11 is 1.49. The monoisotopic (exact) mass is 453 g/mol. The van der Waals surface area contributed by atoms with Crippen molar-refractivity contribution in [2.45, 2.75) is 39.5 Å². The van der Waals surface area contributed by atoms with Gasteiger partial charge in [0.05, 0.1) is 19.3 Å². The number of carbonyl (C=O) groups excluding carboxylic acids is 2. The Morgan fingerprint density at radius 1 is 1.28 bits per heavy atom. The van der Waals surface area contributed by atoms with Gasteiger partial charge in [0, 0.05) is 16.3 Å². The summed E-state index contributed by atoms with van der Waals surface area (Å²) in [5.41, 5.74) is 2.26. The summed E-state index contributed by atoms with van der Waals surface area (Å²) in [5.74, 6) is 1.23. The molecule has 0 radical (unpaired) electrons. The van der Waals surface area contributed by atoms with Crippen LogP contribution in [0.4, 0.5) is 5.00 Å². The largest absolute Gasteiger partial charge is 0.497 e. The van der Waals surface area contributed by atoms with Crippen LogP contribution < -0.4 is 10.1 Å². The second kappa shape index (κ2) is 9.61. The van der Waals surface area contributed by atoms with Gasteiger partial charge in [-0.15, -0.1) is 11.3 Å². The van der Waals surface area contributed by atoms with E-state index in [1.807, 2.05) is 24.3 Å². The van der Waals surface area contributed by atoms with E-state index in [1.54, 1.807) is 20.1 Å². The average Bonchev–Trinajstić information content (AvgIpc) is 3.36. The van der Waals surface area contributed by atoms with Crippen molar-refractivity contribution in [2.75, 3.05) is 19.0 Å². The molecule has 4 rings (SSSR count). The summed E-state index contributed by atoms with van der Waals surface area (Å²) in [4.78, 5) is 26.5. The van der Waals surface area contributed by atoms with E-state index in [4.69, 9.17) is 13.9 Å². The number of thiophene rings is 1. The highest BCUT2D eigenvalue weighted by Gasteiger charge is 2.29. The van der Waals surface area contributed by atoms with Crippen LogP contribution in [0, 0.1) is 5.92 Å². The molecule has 0 saturated heterocycles. The maximum Gasteiger partial charge on any atom is 0.341 e. The van der Waals surface area contributed by atoms with E-state index in [0.717, 1.165) is 42.4 Å². The van der Waals surface area contributed by atoms with Crippen LogP contribution in [0.15, 0.2) is 34.8 Å². The Morgan fingerprint density at radius 2 is 2.12 bits per heavy atom. The fraction of sp³-hybridized carbons (Fsp3) is 0.360. The SMILES string of the molecule is CCOC(=O)c1c(NC(=O)C=Cc2cc3cc(OC)ccc3o2)sc2c1CCC(CC)C2. The Hall–Kier alpha value is -3.06. The first-order valence-electron chi connectivity index (χ1n) is 10.9. The molecule has 0 spiro atoms. The molecule has 1 N–H and O–H groups in total. The number of ether oxygens (including phenoxy) is 2. The summed E-state index contributed by atoms with van der Waals surface area (Å²) in [6.07, 6.45) is 6.98. The lowest BCUT2D eigenvalue weighted by atomic mass is 9.85. The van der Waals surface area contributed by atoms with Crippen LogP contribution in [0.5, 0.6) is 5.75 Å². The Balaban J connectivity index is 1.54. The smallest absolute Gasteiger partial charge is 0.341 e. The van der Waals surface area contributed by atoms with Gasteiger partial charge in [0.15, 0.2) is 0 Å². The van der Waals surface area contributed by atoms with E-state index < -0.39 is 0 Å². The summed E-state index contributed by atoms with van der Waals surface area (Å²) in [6, 6.07) is 7.38. The summed E-state index contributed by atoms with van der Waals surface area (Å²) < 4.78 is 16.3. The number of fused-ring (bicyclic) bond motifs is 2. The Kier molecular flexibility index (Phi) is 6.65. The van der Waals surface area contributed by atoms with E-state index in [9.17, 15) is 9.59 Å². The number of rotatable bonds is 7. The fourth-order valence-electron chi connectivity index (χ4n) is 4.07. The van der Waals surface area contributed by atoms with Crippen molar-refractivity contribution >= 4 is 45.3 Å². The minimum Gasteiger partial charge on any atom is -0.497 e. The van der Waals surface area contributed by atoms with Crippen LogP contribution in [-0.2, 0) is 22.4 Å².